The monoisotopic (exact) mass is 478 g/mol. The average Bonchev–Trinajstić information content (AvgIpc) is 2.63. The summed E-state index contributed by atoms with van der Waals surface area (Å²) < 4.78 is 0. The fourth-order valence-electron chi connectivity index (χ4n) is 8.23. The maximum Gasteiger partial charge on any atom is 0.224 e. The second kappa shape index (κ2) is 10.9. The predicted octanol–water partition coefficient (Wildman–Crippen LogP) is 5.87. The molecule has 0 atom stereocenters. The number of carbonyl (C=O) groups is 2. The van der Waals surface area contributed by atoms with Crippen molar-refractivity contribution in [3.63, 3.8) is 0 Å². The molecule has 0 N–H and O–H groups in total. The van der Waals surface area contributed by atoms with Gasteiger partial charge in [0.1, 0.15) is 0 Å². The normalized spacial score (nSPS) is 25.1. The Kier molecular flexibility index (Phi) is 9.29. The SMILES string of the molecule is CC1CC(C)(C)N(N(C=O)CCCCCCN(C=O)N2C(C)(C)CC(C)CC2(C)C)C(C)(C)C1. The molecule has 2 aliphatic rings. The number of nitrogens with zero attached hydrogens (tertiary/aromatic N) is 4. The van der Waals surface area contributed by atoms with Crippen LogP contribution in [0.2, 0.25) is 0 Å². The highest BCUT2D eigenvalue weighted by atomic mass is 16.2. The van der Waals surface area contributed by atoms with Crippen LogP contribution in [0.25, 0.3) is 0 Å². The Morgan fingerprint density at radius 3 is 1.09 bits per heavy atom. The molecule has 2 aliphatic heterocycles. The summed E-state index contributed by atoms with van der Waals surface area (Å²) >= 11 is 0. The summed E-state index contributed by atoms with van der Waals surface area (Å²) in [4.78, 5) is 24.1. The fraction of sp³-hybridized carbons (Fsp3) is 0.929. The molecule has 2 fully saturated rings. The molecule has 0 aromatic rings. The number of hydrogen-bond acceptors (Lipinski definition) is 4. The van der Waals surface area contributed by atoms with E-state index in [0.717, 1.165) is 77.3 Å². The van der Waals surface area contributed by atoms with Crippen LogP contribution in [0.5, 0.6) is 0 Å². The molecular weight excluding hydrogens is 424 g/mol. The van der Waals surface area contributed by atoms with Crippen molar-refractivity contribution in [1.82, 2.24) is 20.0 Å². The van der Waals surface area contributed by atoms with Crippen LogP contribution in [0.15, 0.2) is 0 Å². The van der Waals surface area contributed by atoms with Gasteiger partial charge in [0.2, 0.25) is 12.8 Å². The van der Waals surface area contributed by atoms with Crippen LogP contribution in [0.1, 0.15) is 121 Å². The topological polar surface area (TPSA) is 47.1 Å². The van der Waals surface area contributed by atoms with Crippen molar-refractivity contribution in [2.75, 3.05) is 13.1 Å². The maximum absolute atomic E-state index is 12.1. The third kappa shape index (κ3) is 6.75. The number of hydrogen-bond donors (Lipinski definition) is 0. The van der Waals surface area contributed by atoms with Crippen molar-refractivity contribution >= 4 is 12.8 Å². The van der Waals surface area contributed by atoms with E-state index in [9.17, 15) is 9.59 Å². The summed E-state index contributed by atoms with van der Waals surface area (Å²) in [6, 6.07) is 0. The highest BCUT2D eigenvalue weighted by Crippen LogP contribution is 2.43. The van der Waals surface area contributed by atoms with Crippen LogP contribution >= 0.6 is 0 Å². The highest BCUT2D eigenvalue weighted by Gasteiger charge is 2.48. The molecule has 2 amide bonds. The Balaban J connectivity index is 1.87. The van der Waals surface area contributed by atoms with E-state index in [-0.39, 0.29) is 22.2 Å². The Labute approximate surface area is 210 Å². The molecular formula is C28H54N4O2. The quantitative estimate of drug-likeness (QED) is 0.275. The van der Waals surface area contributed by atoms with Crippen LogP contribution in [0.4, 0.5) is 0 Å². The van der Waals surface area contributed by atoms with E-state index < -0.39 is 0 Å². The first-order chi connectivity index (χ1) is 15.6. The minimum atomic E-state index is -0.0297. The molecule has 6 heteroatoms. The third-order valence-corrected chi connectivity index (χ3v) is 7.97. The zero-order chi connectivity index (χ0) is 25.9. The number of piperidine rings is 2. The summed E-state index contributed by atoms with van der Waals surface area (Å²) in [6.45, 7) is 24.3. The number of rotatable bonds is 11. The second-order valence-corrected chi connectivity index (χ2v) is 13.9. The lowest BCUT2D eigenvalue weighted by molar-refractivity contribution is -0.192. The van der Waals surface area contributed by atoms with Gasteiger partial charge in [-0.25, -0.2) is 10.0 Å². The van der Waals surface area contributed by atoms with Crippen molar-refractivity contribution < 1.29 is 9.59 Å². The van der Waals surface area contributed by atoms with Gasteiger partial charge < -0.3 is 0 Å². The molecule has 0 radical (unpaired) electrons. The number of amides is 2. The van der Waals surface area contributed by atoms with Gasteiger partial charge in [-0.1, -0.05) is 26.7 Å². The van der Waals surface area contributed by atoms with Gasteiger partial charge in [0.25, 0.3) is 0 Å². The largest absolute Gasteiger partial charge is 0.277 e. The number of carbonyl (C=O) groups excluding carboxylic acids is 2. The van der Waals surface area contributed by atoms with Crippen molar-refractivity contribution in [2.45, 2.75) is 143 Å². The lowest BCUT2D eigenvalue weighted by Crippen LogP contribution is -2.66. The smallest absolute Gasteiger partial charge is 0.224 e. The Hall–Kier alpha value is -1.14. The lowest BCUT2D eigenvalue weighted by Gasteiger charge is -2.57. The summed E-state index contributed by atoms with van der Waals surface area (Å²) in [5, 5.41) is 8.54. The van der Waals surface area contributed by atoms with Crippen LogP contribution in [-0.2, 0) is 9.59 Å². The van der Waals surface area contributed by atoms with Crippen molar-refractivity contribution in [2.24, 2.45) is 11.8 Å². The summed E-state index contributed by atoms with van der Waals surface area (Å²) in [6.07, 6.45) is 10.5. The van der Waals surface area contributed by atoms with Crippen molar-refractivity contribution in [3.8, 4) is 0 Å². The molecule has 0 bridgehead atoms. The van der Waals surface area contributed by atoms with Gasteiger partial charge >= 0.3 is 0 Å². The van der Waals surface area contributed by atoms with Gasteiger partial charge in [0.05, 0.1) is 0 Å². The van der Waals surface area contributed by atoms with Gasteiger partial charge in [-0.15, -0.1) is 0 Å². The summed E-state index contributed by atoms with van der Waals surface area (Å²) in [5.41, 5.74) is -0.119. The molecule has 2 saturated heterocycles. The second-order valence-electron chi connectivity index (χ2n) is 13.9. The van der Waals surface area contributed by atoms with E-state index in [1.165, 1.54) is 0 Å². The molecule has 0 aromatic heterocycles. The highest BCUT2D eigenvalue weighted by molar-refractivity contribution is 5.47. The van der Waals surface area contributed by atoms with Gasteiger partial charge in [-0.2, -0.15) is 0 Å². The Morgan fingerprint density at radius 2 is 0.853 bits per heavy atom. The third-order valence-electron chi connectivity index (χ3n) is 7.97. The Bertz CT molecular complexity index is 594. The first-order valence-electron chi connectivity index (χ1n) is 13.6. The molecule has 0 saturated carbocycles. The molecule has 2 heterocycles. The van der Waals surface area contributed by atoms with E-state index in [0.29, 0.717) is 11.8 Å². The van der Waals surface area contributed by atoms with Crippen molar-refractivity contribution in [3.05, 3.63) is 0 Å². The minimum absolute atomic E-state index is 0.0297. The van der Waals surface area contributed by atoms with Crippen LogP contribution < -0.4 is 0 Å². The van der Waals surface area contributed by atoms with Gasteiger partial charge in [0.15, 0.2) is 0 Å². The van der Waals surface area contributed by atoms with E-state index >= 15 is 0 Å². The molecule has 2 rings (SSSR count). The van der Waals surface area contributed by atoms with Gasteiger partial charge in [-0.3, -0.25) is 19.6 Å². The molecule has 34 heavy (non-hydrogen) atoms. The van der Waals surface area contributed by atoms with Crippen LogP contribution in [-0.4, -0.2) is 68.1 Å². The van der Waals surface area contributed by atoms with Crippen LogP contribution in [0.3, 0.4) is 0 Å². The summed E-state index contributed by atoms with van der Waals surface area (Å²) in [7, 11) is 0. The van der Waals surface area contributed by atoms with Gasteiger partial charge in [-0.05, 0) is 106 Å². The lowest BCUT2D eigenvalue weighted by atomic mass is 9.75. The predicted molar refractivity (Wildman–Crippen MR) is 141 cm³/mol. The molecule has 198 valence electrons. The average molecular weight is 479 g/mol. The Morgan fingerprint density at radius 1 is 0.588 bits per heavy atom. The van der Waals surface area contributed by atoms with E-state index in [4.69, 9.17) is 0 Å². The van der Waals surface area contributed by atoms with Crippen LogP contribution in [0, 0.1) is 11.8 Å². The first-order valence-corrected chi connectivity index (χ1v) is 13.6. The zero-order valence-electron chi connectivity index (χ0n) is 24.0. The molecule has 0 unspecified atom stereocenters. The number of unbranched alkanes of at least 4 members (excludes halogenated alkanes) is 3. The van der Waals surface area contributed by atoms with Crippen molar-refractivity contribution in [1.29, 1.82) is 0 Å². The van der Waals surface area contributed by atoms with E-state index in [2.05, 4.69) is 79.3 Å². The first kappa shape index (κ1) is 29.1. The number of hydrazine groups is 2. The summed E-state index contributed by atoms with van der Waals surface area (Å²) in [5.74, 6) is 1.32. The molecule has 0 aromatic carbocycles. The standard InChI is InChI=1S/C28H54N4O2/c1-23-17-25(3,4)31(26(5,6)18-23)29(21-33)15-13-11-12-14-16-30(22-34)32-27(7,8)19-24(2)20-28(32,9)10/h21-24H,11-20H2,1-10H3. The minimum Gasteiger partial charge on any atom is -0.277 e. The molecule has 6 nitrogen and oxygen atoms in total. The maximum atomic E-state index is 12.1. The molecule has 0 spiro atoms. The molecule has 0 aliphatic carbocycles. The fourth-order valence-corrected chi connectivity index (χ4v) is 8.23. The van der Waals surface area contributed by atoms with Gasteiger partial charge in [0, 0.05) is 35.2 Å². The van der Waals surface area contributed by atoms with E-state index in [1.807, 2.05) is 10.0 Å². The zero-order valence-corrected chi connectivity index (χ0v) is 24.0. The van der Waals surface area contributed by atoms with E-state index in [1.54, 1.807) is 0 Å².